The molecule has 0 aliphatic carbocycles. The fourth-order valence-corrected chi connectivity index (χ4v) is 3.60. The van der Waals surface area contributed by atoms with E-state index in [9.17, 15) is 4.39 Å². The van der Waals surface area contributed by atoms with Gasteiger partial charge in [0.2, 0.25) is 0 Å². The minimum atomic E-state index is -0.228. The molecule has 0 bridgehead atoms. The fourth-order valence-electron chi connectivity index (χ4n) is 2.58. The van der Waals surface area contributed by atoms with Crippen molar-refractivity contribution >= 4 is 11.3 Å². The summed E-state index contributed by atoms with van der Waals surface area (Å²) in [6.07, 6.45) is 0.944. The molecule has 2 nitrogen and oxygen atoms in total. The fraction of sp³-hybridized carbons (Fsp3) is 0.412. The van der Waals surface area contributed by atoms with E-state index in [1.807, 2.05) is 18.3 Å². The Labute approximate surface area is 130 Å². The van der Waals surface area contributed by atoms with E-state index in [4.69, 9.17) is 4.74 Å². The summed E-state index contributed by atoms with van der Waals surface area (Å²) < 4.78 is 19.3. The highest BCUT2D eigenvalue weighted by atomic mass is 32.1. The van der Waals surface area contributed by atoms with Crippen LogP contribution in [0.3, 0.4) is 0 Å². The molecule has 0 radical (unpaired) electrons. The van der Waals surface area contributed by atoms with Gasteiger partial charge in [0.05, 0.1) is 7.11 Å². The highest BCUT2D eigenvalue weighted by molar-refractivity contribution is 7.11. The first-order valence-corrected chi connectivity index (χ1v) is 7.96. The number of hydrogen-bond acceptors (Lipinski definition) is 3. The molecule has 2 rings (SSSR count). The molecular weight excluding hydrogens is 285 g/mol. The zero-order chi connectivity index (χ0) is 15.4. The predicted octanol–water partition coefficient (Wildman–Crippen LogP) is 4.49. The van der Waals surface area contributed by atoms with Gasteiger partial charge in [-0.15, -0.1) is 11.3 Å². The average molecular weight is 307 g/mol. The molecule has 21 heavy (non-hydrogen) atoms. The summed E-state index contributed by atoms with van der Waals surface area (Å²) in [4.78, 5) is 2.67. The number of nitrogens with one attached hydrogen (secondary N) is 1. The van der Waals surface area contributed by atoms with E-state index in [2.05, 4.69) is 31.3 Å². The maximum Gasteiger partial charge on any atom is 0.131 e. The normalized spacial score (nSPS) is 14.0. The molecule has 0 aliphatic heterocycles. The second kappa shape index (κ2) is 7.05. The molecule has 0 amide bonds. The van der Waals surface area contributed by atoms with Crippen molar-refractivity contribution in [3.8, 4) is 5.75 Å². The molecule has 1 N–H and O–H groups in total. The van der Waals surface area contributed by atoms with E-state index in [0.717, 1.165) is 6.42 Å². The maximum atomic E-state index is 14.1. The lowest BCUT2D eigenvalue weighted by Crippen LogP contribution is -2.31. The standard InChI is InChI=1S/C17H22FNOS/c1-11(10-14-9-8-12(2)21-14)19-13(3)17-15(18)6-5-7-16(17)20-4/h5-9,11,13,19H,10H2,1-4H3. The Hall–Kier alpha value is -1.39. The van der Waals surface area contributed by atoms with Gasteiger partial charge in [0.15, 0.2) is 0 Å². The number of halogens is 1. The summed E-state index contributed by atoms with van der Waals surface area (Å²) in [5.74, 6) is 0.364. The van der Waals surface area contributed by atoms with Crippen LogP contribution in [0.15, 0.2) is 30.3 Å². The lowest BCUT2D eigenvalue weighted by atomic mass is 10.0. The number of thiophene rings is 1. The van der Waals surface area contributed by atoms with E-state index < -0.39 is 0 Å². The van der Waals surface area contributed by atoms with Crippen LogP contribution in [0.4, 0.5) is 4.39 Å². The molecule has 0 saturated carbocycles. The van der Waals surface area contributed by atoms with Gasteiger partial charge in [-0.3, -0.25) is 0 Å². The summed E-state index contributed by atoms with van der Waals surface area (Å²) in [6.45, 7) is 6.20. The minimum absolute atomic E-state index is 0.0998. The third-order valence-corrected chi connectivity index (χ3v) is 4.53. The van der Waals surface area contributed by atoms with E-state index >= 15 is 0 Å². The molecule has 0 saturated heterocycles. The molecule has 2 aromatic rings. The Morgan fingerprint density at radius 3 is 2.62 bits per heavy atom. The molecule has 1 heterocycles. The van der Waals surface area contributed by atoms with Crippen LogP contribution >= 0.6 is 11.3 Å². The van der Waals surface area contributed by atoms with Gasteiger partial charge >= 0.3 is 0 Å². The third-order valence-electron chi connectivity index (χ3n) is 3.50. The van der Waals surface area contributed by atoms with Crippen molar-refractivity contribution in [2.45, 2.75) is 39.3 Å². The van der Waals surface area contributed by atoms with E-state index in [1.54, 1.807) is 19.2 Å². The third kappa shape index (κ3) is 4.05. The van der Waals surface area contributed by atoms with Gasteiger partial charge in [0.25, 0.3) is 0 Å². The number of aryl methyl sites for hydroxylation is 1. The molecule has 1 aromatic carbocycles. The number of benzene rings is 1. The number of hydrogen-bond donors (Lipinski definition) is 1. The second-order valence-electron chi connectivity index (χ2n) is 5.36. The number of ether oxygens (including phenoxy) is 1. The Bertz CT molecular complexity index is 596. The summed E-state index contributed by atoms with van der Waals surface area (Å²) in [5.41, 5.74) is 0.592. The van der Waals surface area contributed by atoms with E-state index in [1.165, 1.54) is 15.8 Å². The Morgan fingerprint density at radius 1 is 1.24 bits per heavy atom. The first-order chi connectivity index (χ1) is 10.0. The highest BCUT2D eigenvalue weighted by Crippen LogP contribution is 2.28. The highest BCUT2D eigenvalue weighted by Gasteiger charge is 2.18. The lowest BCUT2D eigenvalue weighted by Gasteiger charge is -2.22. The molecule has 0 aliphatic rings. The molecule has 0 spiro atoms. The molecule has 1 aromatic heterocycles. The summed E-state index contributed by atoms with van der Waals surface area (Å²) in [5, 5.41) is 3.46. The maximum absolute atomic E-state index is 14.1. The zero-order valence-corrected chi connectivity index (χ0v) is 13.8. The minimum Gasteiger partial charge on any atom is -0.496 e. The van der Waals surface area contributed by atoms with Crippen molar-refractivity contribution in [1.82, 2.24) is 5.32 Å². The molecule has 0 fully saturated rings. The van der Waals surface area contributed by atoms with Crippen molar-refractivity contribution in [3.05, 3.63) is 51.5 Å². The van der Waals surface area contributed by atoms with E-state index in [-0.39, 0.29) is 17.9 Å². The number of rotatable bonds is 6. The molecule has 2 unspecified atom stereocenters. The van der Waals surface area contributed by atoms with Crippen LogP contribution in [0.1, 0.15) is 35.2 Å². The van der Waals surface area contributed by atoms with Crippen LogP contribution in [0, 0.1) is 12.7 Å². The summed E-state index contributed by atoms with van der Waals surface area (Å²) in [6, 6.07) is 9.40. The Morgan fingerprint density at radius 2 is 2.00 bits per heavy atom. The average Bonchev–Trinajstić information content (AvgIpc) is 2.83. The largest absolute Gasteiger partial charge is 0.496 e. The quantitative estimate of drug-likeness (QED) is 0.849. The van der Waals surface area contributed by atoms with Crippen LogP contribution in [-0.4, -0.2) is 13.2 Å². The Balaban J connectivity index is 2.05. The smallest absolute Gasteiger partial charge is 0.131 e. The topological polar surface area (TPSA) is 21.3 Å². The second-order valence-corrected chi connectivity index (χ2v) is 6.73. The van der Waals surface area contributed by atoms with Crippen LogP contribution < -0.4 is 10.1 Å². The van der Waals surface area contributed by atoms with Crippen LogP contribution in [-0.2, 0) is 6.42 Å². The van der Waals surface area contributed by atoms with Gasteiger partial charge in [0, 0.05) is 27.4 Å². The van der Waals surface area contributed by atoms with Crippen molar-refractivity contribution in [1.29, 1.82) is 0 Å². The van der Waals surface area contributed by atoms with Crippen LogP contribution in [0.25, 0.3) is 0 Å². The van der Waals surface area contributed by atoms with Gasteiger partial charge in [0.1, 0.15) is 11.6 Å². The van der Waals surface area contributed by atoms with E-state index in [0.29, 0.717) is 11.3 Å². The van der Waals surface area contributed by atoms with Gasteiger partial charge in [-0.2, -0.15) is 0 Å². The van der Waals surface area contributed by atoms with Crippen molar-refractivity contribution in [2.75, 3.05) is 7.11 Å². The van der Waals surface area contributed by atoms with Crippen molar-refractivity contribution in [3.63, 3.8) is 0 Å². The summed E-state index contributed by atoms with van der Waals surface area (Å²) in [7, 11) is 1.57. The number of methoxy groups -OCH3 is 1. The van der Waals surface area contributed by atoms with Crippen LogP contribution in [0.2, 0.25) is 0 Å². The molecule has 2 atom stereocenters. The van der Waals surface area contributed by atoms with Gasteiger partial charge in [-0.25, -0.2) is 4.39 Å². The van der Waals surface area contributed by atoms with Crippen LogP contribution in [0.5, 0.6) is 5.75 Å². The molecule has 4 heteroatoms. The molecule has 114 valence electrons. The summed E-state index contributed by atoms with van der Waals surface area (Å²) >= 11 is 1.81. The van der Waals surface area contributed by atoms with Gasteiger partial charge in [-0.05, 0) is 51.5 Å². The molecular formula is C17H22FNOS. The first-order valence-electron chi connectivity index (χ1n) is 7.15. The van der Waals surface area contributed by atoms with Crippen molar-refractivity contribution < 1.29 is 9.13 Å². The SMILES string of the molecule is COc1cccc(F)c1C(C)NC(C)Cc1ccc(C)s1. The van der Waals surface area contributed by atoms with Gasteiger partial charge < -0.3 is 10.1 Å². The van der Waals surface area contributed by atoms with Crippen molar-refractivity contribution in [2.24, 2.45) is 0 Å². The first kappa shape index (κ1) is 16.0. The zero-order valence-electron chi connectivity index (χ0n) is 12.9. The predicted molar refractivity (Wildman–Crippen MR) is 86.7 cm³/mol. The lowest BCUT2D eigenvalue weighted by molar-refractivity contribution is 0.386. The van der Waals surface area contributed by atoms with Gasteiger partial charge in [-0.1, -0.05) is 6.07 Å². The Kier molecular flexibility index (Phi) is 5.37. The monoisotopic (exact) mass is 307 g/mol.